The molecule has 1 aliphatic carbocycles. The molecule has 1 fully saturated rings. The van der Waals surface area contributed by atoms with E-state index < -0.39 is 0 Å². The first-order valence-corrected chi connectivity index (χ1v) is 4.41. The van der Waals surface area contributed by atoms with Gasteiger partial charge in [0.2, 0.25) is 0 Å². The molecule has 0 bridgehead atoms. The number of ketones is 1. The number of carbonyl (C=O) groups excluding carboxylic acids is 1. The fourth-order valence-electron chi connectivity index (χ4n) is 1.79. The van der Waals surface area contributed by atoms with Crippen molar-refractivity contribution in [2.24, 2.45) is 11.8 Å². The predicted octanol–water partition coefficient (Wildman–Crippen LogP) is 2.57. The summed E-state index contributed by atoms with van der Waals surface area (Å²) in [6.45, 7) is 5.85. The van der Waals surface area contributed by atoms with Crippen molar-refractivity contribution in [1.29, 1.82) is 0 Å². The van der Waals surface area contributed by atoms with Gasteiger partial charge in [-0.2, -0.15) is 0 Å². The Morgan fingerprint density at radius 1 is 1.55 bits per heavy atom. The van der Waals surface area contributed by atoms with Gasteiger partial charge < -0.3 is 0 Å². The minimum Gasteiger partial charge on any atom is -0.299 e. The van der Waals surface area contributed by atoms with Gasteiger partial charge >= 0.3 is 0 Å². The molecule has 1 saturated carbocycles. The van der Waals surface area contributed by atoms with Crippen molar-refractivity contribution in [3.63, 3.8) is 0 Å². The van der Waals surface area contributed by atoms with Crippen LogP contribution in [0.15, 0.2) is 12.7 Å². The van der Waals surface area contributed by atoms with Crippen LogP contribution in [0.5, 0.6) is 0 Å². The summed E-state index contributed by atoms with van der Waals surface area (Å²) in [6, 6.07) is 0. The second-order valence-electron chi connectivity index (χ2n) is 3.45. The largest absolute Gasteiger partial charge is 0.299 e. The molecule has 0 amide bonds. The molecular formula is C10H16O. The third kappa shape index (κ3) is 1.92. The third-order valence-electron chi connectivity index (χ3n) is 2.57. The molecule has 0 unspecified atom stereocenters. The Morgan fingerprint density at radius 3 is 2.91 bits per heavy atom. The highest BCUT2D eigenvalue weighted by atomic mass is 16.1. The van der Waals surface area contributed by atoms with Gasteiger partial charge in [0.25, 0.3) is 0 Å². The summed E-state index contributed by atoms with van der Waals surface area (Å²) in [5.41, 5.74) is 0. The van der Waals surface area contributed by atoms with Crippen molar-refractivity contribution in [1.82, 2.24) is 0 Å². The first kappa shape index (κ1) is 8.51. The number of rotatable bonds is 1. The molecule has 0 radical (unpaired) electrons. The fourth-order valence-corrected chi connectivity index (χ4v) is 1.79. The molecule has 1 rings (SSSR count). The molecule has 1 heteroatoms. The molecule has 11 heavy (non-hydrogen) atoms. The quantitative estimate of drug-likeness (QED) is 0.417. The van der Waals surface area contributed by atoms with E-state index in [1.54, 1.807) is 0 Å². The molecule has 1 aliphatic rings. The van der Waals surface area contributed by atoms with Gasteiger partial charge in [0.05, 0.1) is 0 Å². The number of hydrogen-bond acceptors (Lipinski definition) is 1. The molecule has 1 nitrogen and oxygen atoms in total. The lowest BCUT2D eigenvalue weighted by molar-refractivity contribution is -0.122. The lowest BCUT2D eigenvalue weighted by Gasteiger charge is -2.14. The van der Waals surface area contributed by atoms with E-state index in [-0.39, 0.29) is 5.92 Å². The van der Waals surface area contributed by atoms with E-state index in [0.717, 1.165) is 12.8 Å². The van der Waals surface area contributed by atoms with Crippen molar-refractivity contribution in [2.45, 2.75) is 32.6 Å². The molecule has 0 aromatic rings. The van der Waals surface area contributed by atoms with E-state index in [1.807, 2.05) is 6.08 Å². The Bertz CT molecular complexity index is 160. The predicted molar refractivity (Wildman–Crippen MR) is 46.3 cm³/mol. The SMILES string of the molecule is C=C[C@@H]1C(=O)CCCC[C@@H]1C. The number of allylic oxidation sites excluding steroid dienone is 1. The molecule has 0 aromatic carbocycles. The summed E-state index contributed by atoms with van der Waals surface area (Å²) in [6.07, 6.45) is 6.05. The Balaban J connectivity index is 2.66. The maximum Gasteiger partial charge on any atom is 0.139 e. The number of carbonyl (C=O) groups is 1. The first-order chi connectivity index (χ1) is 5.25. The molecule has 0 aliphatic heterocycles. The maximum atomic E-state index is 11.4. The normalized spacial score (nSPS) is 33.0. The summed E-state index contributed by atoms with van der Waals surface area (Å²) in [5, 5.41) is 0. The lowest BCUT2D eigenvalue weighted by atomic mass is 9.89. The van der Waals surface area contributed by atoms with Crippen LogP contribution in [0.3, 0.4) is 0 Å². The van der Waals surface area contributed by atoms with Crippen molar-refractivity contribution in [3.8, 4) is 0 Å². The van der Waals surface area contributed by atoms with Gasteiger partial charge in [-0.05, 0) is 18.8 Å². The summed E-state index contributed by atoms with van der Waals surface area (Å²) < 4.78 is 0. The molecule has 62 valence electrons. The van der Waals surface area contributed by atoms with Gasteiger partial charge in [-0.3, -0.25) is 4.79 Å². The topological polar surface area (TPSA) is 17.1 Å². The van der Waals surface area contributed by atoms with Crippen molar-refractivity contribution >= 4 is 5.78 Å². The van der Waals surface area contributed by atoms with E-state index in [1.165, 1.54) is 12.8 Å². The van der Waals surface area contributed by atoms with Crippen LogP contribution in [-0.2, 0) is 4.79 Å². The van der Waals surface area contributed by atoms with Gasteiger partial charge in [-0.1, -0.05) is 19.4 Å². The van der Waals surface area contributed by atoms with Crippen molar-refractivity contribution < 1.29 is 4.79 Å². The van der Waals surface area contributed by atoms with E-state index in [2.05, 4.69) is 13.5 Å². The minimum atomic E-state index is 0.137. The van der Waals surface area contributed by atoms with E-state index >= 15 is 0 Å². The highest BCUT2D eigenvalue weighted by Crippen LogP contribution is 2.26. The standard InChI is InChI=1S/C10H16O/c1-3-9-8(2)6-4-5-7-10(9)11/h3,8-9H,1,4-7H2,2H3/t8-,9-/m0/s1. The van der Waals surface area contributed by atoms with Gasteiger partial charge in [0, 0.05) is 12.3 Å². The van der Waals surface area contributed by atoms with Crippen LogP contribution in [-0.4, -0.2) is 5.78 Å². The Labute approximate surface area is 68.5 Å². The average molecular weight is 152 g/mol. The van der Waals surface area contributed by atoms with Crippen LogP contribution in [0.25, 0.3) is 0 Å². The summed E-state index contributed by atoms with van der Waals surface area (Å²) in [4.78, 5) is 11.4. The molecule has 0 saturated heterocycles. The van der Waals surface area contributed by atoms with Crippen LogP contribution in [0.1, 0.15) is 32.6 Å². The van der Waals surface area contributed by atoms with E-state index in [0.29, 0.717) is 11.7 Å². The minimum absolute atomic E-state index is 0.137. The summed E-state index contributed by atoms with van der Waals surface area (Å²) in [7, 11) is 0. The third-order valence-corrected chi connectivity index (χ3v) is 2.57. The smallest absolute Gasteiger partial charge is 0.139 e. The first-order valence-electron chi connectivity index (χ1n) is 4.41. The second-order valence-corrected chi connectivity index (χ2v) is 3.45. The zero-order valence-corrected chi connectivity index (χ0v) is 7.18. The van der Waals surface area contributed by atoms with Crippen LogP contribution in [0.4, 0.5) is 0 Å². The Hall–Kier alpha value is -0.590. The zero-order chi connectivity index (χ0) is 8.27. The van der Waals surface area contributed by atoms with Crippen LogP contribution in [0, 0.1) is 11.8 Å². The molecule has 0 heterocycles. The maximum absolute atomic E-state index is 11.4. The Morgan fingerprint density at radius 2 is 2.27 bits per heavy atom. The van der Waals surface area contributed by atoms with Crippen LogP contribution < -0.4 is 0 Å². The van der Waals surface area contributed by atoms with Crippen molar-refractivity contribution in [2.75, 3.05) is 0 Å². The fraction of sp³-hybridized carbons (Fsp3) is 0.700. The molecule has 0 N–H and O–H groups in total. The number of hydrogen-bond donors (Lipinski definition) is 0. The highest BCUT2D eigenvalue weighted by Gasteiger charge is 2.23. The molecule has 2 atom stereocenters. The van der Waals surface area contributed by atoms with Gasteiger partial charge in [0.1, 0.15) is 5.78 Å². The van der Waals surface area contributed by atoms with E-state index in [4.69, 9.17) is 0 Å². The Kier molecular flexibility index (Phi) is 2.86. The van der Waals surface area contributed by atoms with Crippen LogP contribution >= 0.6 is 0 Å². The highest BCUT2D eigenvalue weighted by molar-refractivity contribution is 5.83. The molecule has 0 aromatic heterocycles. The second kappa shape index (κ2) is 3.70. The van der Waals surface area contributed by atoms with Crippen LogP contribution in [0.2, 0.25) is 0 Å². The zero-order valence-electron chi connectivity index (χ0n) is 7.18. The van der Waals surface area contributed by atoms with Gasteiger partial charge in [0.15, 0.2) is 0 Å². The monoisotopic (exact) mass is 152 g/mol. The van der Waals surface area contributed by atoms with E-state index in [9.17, 15) is 4.79 Å². The van der Waals surface area contributed by atoms with Crippen molar-refractivity contribution in [3.05, 3.63) is 12.7 Å². The van der Waals surface area contributed by atoms with Gasteiger partial charge in [-0.15, -0.1) is 6.58 Å². The summed E-state index contributed by atoms with van der Waals surface area (Å²) >= 11 is 0. The molecule has 0 spiro atoms. The number of Topliss-reactive ketones (excluding diaryl/α,β-unsaturated/α-hetero) is 1. The van der Waals surface area contributed by atoms with Gasteiger partial charge in [-0.25, -0.2) is 0 Å². The molecular weight excluding hydrogens is 136 g/mol. The lowest BCUT2D eigenvalue weighted by Crippen LogP contribution is -2.16. The average Bonchev–Trinajstić information content (AvgIpc) is 2.12. The summed E-state index contributed by atoms with van der Waals surface area (Å²) in [5.74, 6) is 1.05.